The molecule has 0 aliphatic carbocycles. The molecule has 1 aromatic heterocycles. The first-order valence-corrected chi connectivity index (χ1v) is 5.24. The van der Waals surface area contributed by atoms with Crippen LogP contribution in [0.1, 0.15) is 10.6 Å². The normalized spacial score (nSPS) is 12.3. The van der Waals surface area contributed by atoms with E-state index < -0.39 is 14.9 Å². The largest absolute Gasteiger partial charge is 0.445 e. The van der Waals surface area contributed by atoms with E-state index in [1.165, 1.54) is 12.1 Å². The minimum Gasteiger partial charge on any atom is -0.445 e. The number of halogens is 2. The Morgan fingerprint density at radius 3 is 2.25 bits per heavy atom. The van der Waals surface area contributed by atoms with Crippen molar-refractivity contribution in [2.45, 2.75) is 9.93 Å². The maximum atomic E-state index is 10.7. The van der Waals surface area contributed by atoms with Crippen molar-refractivity contribution >= 4 is 33.2 Å². The molecule has 0 saturated carbocycles. The molecule has 7 heteroatoms. The predicted octanol–water partition coefficient (Wildman–Crippen LogP) is 1.40. The summed E-state index contributed by atoms with van der Waals surface area (Å²) in [6.45, 7) is 0. The summed E-state index contributed by atoms with van der Waals surface area (Å²) in [5.41, 5.74) is 0. The number of sulfonamides is 1. The first-order valence-electron chi connectivity index (χ1n) is 2.82. The van der Waals surface area contributed by atoms with Crippen molar-refractivity contribution in [1.82, 2.24) is 0 Å². The van der Waals surface area contributed by atoms with E-state index in [0.717, 1.165) is 0 Å². The topological polar surface area (TPSA) is 73.3 Å². The number of hydrogen-bond acceptors (Lipinski definition) is 3. The lowest BCUT2D eigenvalue weighted by Crippen LogP contribution is -2.10. The highest BCUT2D eigenvalue weighted by molar-refractivity contribution is 7.89. The van der Waals surface area contributed by atoms with Crippen LogP contribution >= 0.6 is 23.2 Å². The van der Waals surface area contributed by atoms with Crippen LogP contribution in [-0.2, 0) is 10.0 Å². The molecule has 0 amide bonds. The van der Waals surface area contributed by atoms with Gasteiger partial charge < -0.3 is 4.42 Å². The maximum Gasteiger partial charge on any atom is 0.271 e. The van der Waals surface area contributed by atoms with E-state index in [-0.39, 0.29) is 10.9 Å². The summed E-state index contributed by atoms with van der Waals surface area (Å²) in [7, 11) is -3.80. The first kappa shape index (κ1) is 9.85. The zero-order valence-electron chi connectivity index (χ0n) is 5.70. The highest BCUT2D eigenvalue weighted by atomic mass is 35.5. The van der Waals surface area contributed by atoms with Crippen LogP contribution in [-0.4, -0.2) is 8.42 Å². The summed E-state index contributed by atoms with van der Waals surface area (Å²) >= 11 is 10.8. The van der Waals surface area contributed by atoms with Crippen LogP contribution in [0.3, 0.4) is 0 Å². The third kappa shape index (κ3) is 2.13. The second-order valence-electron chi connectivity index (χ2n) is 2.00. The van der Waals surface area contributed by atoms with E-state index >= 15 is 0 Å². The lowest BCUT2D eigenvalue weighted by molar-refractivity contribution is 0.424. The Hall–Kier alpha value is -0.230. The molecular formula is C5H5Cl2NO3S. The average molecular weight is 230 g/mol. The lowest BCUT2D eigenvalue weighted by atomic mass is 10.5. The molecule has 1 rings (SSSR count). The van der Waals surface area contributed by atoms with E-state index in [1.807, 2.05) is 0 Å². The fourth-order valence-corrected chi connectivity index (χ4v) is 1.31. The van der Waals surface area contributed by atoms with Gasteiger partial charge in [0.05, 0.1) is 0 Å². The minimum absolute atomic E-state index is 0.155. The van der Waals surface area contributed by atoms with Crippen molar-refractivity contribution in [1.29, 1.82) is 0 Å². The Labute approximate surface area is 79.3 Å². The van der Waals surface area contributed by atoms with Gasteiger partial charge in [-0.05, 0) is 12.1 Å². The van der Waals surface area contributed by atoms with E-state index in [0.29, 0.717) is 0 Å². The quantitative estimate of drug-likeness (QED) is 0.780. The Morgan fingerprint density at radius 1 is 1.42 bits per heavy atom. The zero-order valence-corrected chi connectivity index (χ0v) is 8.03. The number of primary sulfonamides is 1. The lowest BCUT2D eigenvalue weighted by Gasteiger charge is -1.93. The zero-order chi connectivity index (χ0) is 9.35. The fourth-order valence-electron chi connectivity index (χ4n) is 0.605. The Balaban J connectivity index is 3.09. The molecule has 1 aromatic rings. The summed E-state index contributed by atoms with van der Waals surface area (Å²) in [6, 6.07) is 2.55. The fraction of sp³-hybridized carbons (Fsp3) is 0.200. The van der Waals surface area contributed by atoms with Crippen LogP contribution in [0.4, 0.5) is 0 Å². The standard InChI is InChI=1S/C5H5Cl2NO3S/c6-5(7)3-1-2-4(11-3)12(8,9)10/h1-2,5H,(H2,8,9,10). The second-order valence-corrected chi connectivity index (χ2v) is 4.59. The van der Waals surface area contributed by atoms with E-state index in [1.54, 1.807) is 0 Å². The summed E-state index contributed by atoms with van der Waals surface area (Å²) in [4.78, 5) is -0.888. The van der Waals surface area contributed by atoms with Crippen LogP contribution in [0.5, 0.6) is 0 Å². The molecule has 12 heavy (non-hydrogen) atoms. The summed E-state index contributed by atoms with van der Waals surface area (Å²) in [5, 5.41) is 4.42. The monoisotopic (exact) mass is 229 g/mol. The molecule has 1 heterocycles. The predicted molar refractivity (Wildman–Crippen MR) is 44.5 cm³/mol. The Morgan fingerprint density at radius 2 is 2.00 bits per heavy atom. The maximum absolute atomic E-state index is 10.7. The van der Waals surface area contributed by atoms with Crippen LogP contribution in [0.15, 0.2) is 21.6 Å². The Bertz CT molecular complexity index is 370. The SMILES string of the molecule is NS(=O)(=O)c1ccc(C(Cl)Cl)o1. The molecule has 0 aliphatic heterocycles. The third-order valence-electron chi connectivity index (χ3n) is 1.10. The van der Waals surface area contributed by atoms with E-state index in [4.69, 9.17) is 32.8 Å². The van der Waals surface area contributed by atoms with Gasteiger partial charge in [-0.25, -0.2) is 13.6 Å². The van der Waals surface area contributed by atoms with Crippen molar-refractivity contribution in [3.05, 3.63) is 17.9 Å². The molecule has 0 atom stereocenters. The molecule has 0 spiro atoms. The van der Waals surface area contributed by atoms with Crippen molar-refractivity contribution in [2.75, 3.05) is 0 Å². The Kier molecular flexibility index (Phi) is 2.67. The van der Waals surface area contributed by atoms with Gasteiger partial charge in [0.25, 0.3) is 10.0 Å². The minimum atomic E-state index is -3.80. The van der Waals surface area contributed by atoms with Gasteiger partial charge >= 0.3 is 0 Å². The van der Waals surface area contributed by atoms with Crippen LogP contribution < -0.4 is 5.14 Å². The van der Waals surface area contributed by atoms with Gasteiger partial charge in [-0.1, -0.05) is 23.2 Å². The number of nitrogens with two attached hydrogens (primary N) is 1. The van der Waals surface area contributed by atoms with Crippen molar-refractivity contribution < 1.29 is 12.8 Å². The van der Waals surface area contributed by atoms with Crippen LogP contribution in [0.2, 0.25) is 0 Å². The molecule has 0 radical (unpaired) electrons. The van der Waals surface area contributed by atoms with Gasteiger partial charge in [-0.3, -0.25) is 0 Å². The molecule has 0 bridgehead atoms. The van der Waals surface area contributed by atoms with Gasteiger partial charge in [0.1, 0.15) is 5.76 Å². The van der Waals surface area contributed by atoms with Gasteiger partial charge in [0.2, 0.25) is 5.09 Å². The van der Waals surface area contributed by atoms with Crippen LogP contribution in [0, 0.1) is 0 Å². The van der Waals surface area contributed by atoms with Crippen molar-refractivity contribution in [3.63, 3.8) is 0 Å². The molecule has 2 N–H and O–H groups in total. The highest BCUT2D eigenvalue weighted by Gasteiger charge is 2.15. The van der Waals surface area contributed by atoms with Crippen LogP contribution in [0.25, 0.3) is 0 Å². The van der Waals surface area contributed by atoms with E-state index in [2.05, 4.69) is 0 Å². The summed E-state index contributed by atoms with van der Waals surface area (Å²) in [6.07, 6.45) is 0. The highest BCUT2D eigenvalue weighted by Crippen LogP contribution is 2.27. The molecule has 0 aromatic carbocycles. The number of furan rings is 1. The molecule has 0 saturated heterocycles. The average Bonchev–Trinajstić information content (AvgIpc) is 2.30. The number of rotatable bonds is 2. The smallest absolute Gasteiger partial charge is 0.271 e. The molecule has 68 valence electrons. The summed E-state index contributed by atoms with van der Waals surface area (Å²) in [5.74, 6) is 0.155. The van der Waals surface area contributed by atoms with Gasteiger partial charge in [0, 0.05) is 0 Å². The number of alkyl halides is 2. The van der Waals surface area contributed by atoms with Gasteiger partial charge in [-0.2, -0.15) is 0 Å². The molecular weight excluding hydrogens is 225 g/mol. The molecule has 0 aliphatic rings. The molecule has 4 nitrogen and oxygen atoms in total. The van der Waals surface area contributed by atoms with E-state index in [9.17, 15) is 8.42 Å². The summed E-state index contributed by atoms with van der Waals surface area (Å²) < 4.78 is 26.1. The molecule has 0 fully saturated rings. The second kappa shape index (κ2) is 3.26. The molecule has 0 unspecified atom stereocenters. The van der Waals surface area contributed by atoms with Crippen molar-refractivity contribution in [2.24, 2.45) is 5.14 Å². The van der Waals surface area contributed by atoms with Gasteiger partial charge in [0.15, 0.2) is 4.84 Å². The third-order valence-corrected chi connectivity index (χ3v) is 2.31. The number of hydrogen-bond donors (Lipinski definition) is 1. The van der Waals surface area contributed by atoms with Crippen molar-refractivity contribution in [3.8, 4) is 0 Å². The van der Waals surface area contributed by atoms with Gasteiger partial charge in [-0.15, -0.1) is 0 Å². The first-order chi connectivity index (χ1) is 5.41.